The molecule has 43 heavy (non-hydrogen) atoms. The van der Waals surface area contributed by atoms with Crippen LogP contribution in [0.25, 0.3) is 33.8 Å². The molecule has 14 heteroatoms. The smallest absolute Gasteiger partial charge is 0.350 e. The van der Waals surface area contributed by atoms with Crippen LogP contribution >= 0.6 is 11.3 Å². The summed E-state index contributed by atoms with van der Waals surface area (Å²) in [6, 6.07) is 18.1. The number of amides is 1. The average Bonchev–Trinajstić information content (AvgIpc) is 3.83. The maximum Gasteiger partial charge on any atom is 0.350 e. The van der Waals surface area contributed by atoms with Crippen molar-refractivity contribution in [3.63, 3.8) is 0 Å². The zero-order valence-electron chi connectivity index (χ0n) is 22.5. The summed E-state index contributed by atoms with van der Waals surface area (Å²) in [4.78, 5) is 30.9. The third-order valence-electron chi connectivity index (χ3n) is 7.29. The Morgan fingerprint density at radius 1 is 0.953 bits per heavy atom. The number of fused-ring (bicyclic) bond motifs is 1. The molecule has 0 unspecified atom stereocenters. The highest BCUT2D eigenvalue weighted by Crippen LogP contribution is 2.30. The van der Waals surface area contributed by atoms with Gasteiger partial charge < -0.3 is 9.32 Å². The van der Waals surface area contributed by atoms with Crippen molar-refractivity contribution in [3.05, 3.63) is 94.8 Å². The van der Waals surface area contributed by atoms with E-state index >= 15 is 0 Å². The Kier molecular flexibility index (Phi) is 7.12. The fraction of sp³-hybridized carbons (Fsp3) is 0.207. The number of hydrogen-bond acceptors (Lipinski definition) is 10. The summed E-state index contributed by atoms with van der Waals surface area (Å²) in [6.07, 6.45) is 1.57. The number of hydrogen-bond donors (Lipinski definition) is 0. The zero-order valence-corrected chi connectivity index (χ0v) is 23.3. The minimum Gasteiger partial charge on any atom is -0.436 e. The van der Waals surface area contributed by atoms with Gasteiger partial charge in [-0.1, -0.05) is 35.1 Å². The van der Waals surface area contributed by atoms with Crippen LogP contribution < -0.4 is 0 Å². The molecule has 1 atom stereocenters. The van der Waals surface area contributed by atoms with Gasteiger partial charge in [-0.3, -0.25) is 14.7 Å². The lowest BCUT2D eigenvalue weighted by Gasteiger charge is -2.38. The summed E-state index contributed by atoms with van der Waals surface area (Å²) in [7, 11) is 0. The molecule has 1 amide bonds. The highest BCUT2D eigenvalue weighted by Gasteiger charge is 2.32. The molecule has 0 saturated carbocycles. The third kappa shape index (κ3) is 5.37. The van der Waals surface area contributed by atoms with Gasteiger partial charge in [-0.15, -0.1) is 21.5 Å². The topological polar surface area (TPSA) is 119 Å². The number of carbonyl (C=O) groups excluding carboxylic acids is 1. The van der Waals surface area contributed by atoms with E-state index in [1.54, 1.807) is 28.7 Å². The van der Waals surface area contributed by atoms with Crippen molar-refractivity contribution in [3.8, 4) is 22.7 Å². The van der Waals surface area contributed by atoms with Crippen LogP contribution in [0.2, 0.25) is 0 Å². The number of aromatic nitrogens is 7. The molecule has 0 bridgehead atoms. The first-order valence-corrected chi connectivity index (χ1v) is 14.4. The molecule has 7 rings (SSSR count). The lowest BCUT2D eigenvalue weighted by Crippen LogP contribution is -2.50. The first-order valence-electron chi connectivity index (χ1n) is 13.4. The largest absolute Gasteiger partial charge is 0.436 e. The van der Waals surface area contributed by atoms with Crippen LogP contribution in [0.15, 0.2) is 82.2 Å². The number of rotatable bonds is 7. The maximum atomic E-state index is 13.5. The number of oxazole rings is 1. The second kappa shape index (κ2) is 11.4. The number of alkyl halides is 2. The molecule has 1 aliphatic rings. The van der Waals surface area contributed by atoms with Gasteiger partial charge >= 0.3 is 6.55 Å². The minimum atomic E-state index is -2.88. The van der Waals surface area contributed by atoms with E-state index in [0.29, 0.717) is 53.5 Å². The van der Waals surface area contributed by atoms with Crippen LogP contribution in [0.3, 0.4) is 0 Å². The normalized spacial score (nSPS) is 14.9. The summed E-state index contributed by atoms with van der Waals surface area (Å²) in [5.41, 5.74) is 6.69. The molecule has 2 aromatic carbocycles. The van der Waals surface area contributed by atoms with Crippen molar-refractivity contribution >= 4 is 28.3 Å². The number of nitrogens with zero attached hydrogens (tertiary/aromatic N) is 9. The molecule has 0 radical (unpaired) electrons. The fourth-order valence-corrected chi connectivity index (χ4v) is 5.74. The predicted molar refractivity (Wildman–Crippen MR) is 153 cm³/mol. The molecule has 4 aromatic heterocycles. The highest BCUT2D eigenvalue weighted by atomic mass is 32.1. The van der Waals surface area contributed by atoms with E-state index in [1.165, 1.54) is 11.3 Å². The highest BCUT2D eigenvalue weighted by molar-refractivity contribution is 7.07. The third-order valence-corrected chi connectivity index (χ3v) is 7.87. The number of carbonyl (C=O) groups is 1. The molecule has 5 heterocycles. The van der Waals surface area contributed by atoms with E-state index in [1.807, 2.05) is 53.9 Å². The Hall–Kier alpha value is -4.95. The second-order valence-corrected chi connectivity index (χ2v) is 10.6. The van der Waals surface area contributed by atoms with Crippen molar-refractivity contribution in [2.45, 2.75) is 12.6 Å². The number of pyridine rings is 1. The van der Waals surface area contributed by atoms with Crippen LogP contribution in [0.5, 0.6) is 0 Å². The Bertz CT molecular complexity index is 1870. The number of halogens is 2. The van der Waals surface area contributed by atoms with Gasteiger partial charge in [0.25, 0.3) is 5.91 Å². The monoisotopic (exact) mass is 599 g/mol. The molecule has 11 nitrogen and oxygen atoms in total. The van der Waals surface area contributed by atoms with Gasteiger partial charge in [0.1, 0.15) is 11.2 Å². The summed E-state index contributed by atoms with van der Waals surface area (Å²) < 4.78 is 32.3. The standard InChI is InChI=1S/C29H23F2N9O2S/c30-29(31)40-36-26(35-37-40)25(18-4-2-1-3-5-18)38-10-12-39(13-11-38)28(41)22-15-20(8-9-32-22)27-34-21-14-19(6-7-24(21)42-27)23-16-43-17-33-23/h1-9,14-17,25,29H,10-13H2/t25-/m0/s1. The molecule has 1 saturated heterocycles. The predicted octanol–water partition coefficient (Wildman–Crippen LogP) is 4.94. The molecular weight excluding hydrogens is 576 g/mol. The average molecular weight is 600 g/mol. The van der Waals surface area contributed by atoms with Crippen LogP contribution in [0.1, 0.15) is 34.5 Å². The van der Waals surface area contributed by atoms with Crippen molar-refractivity contribution in [1.29, 1.82) is 0 Å². The van der Waals surface area contributed by atoms with E-state index in [4.69, 9.17) is 4.42 Å². The SMILES string of the molecule is O=C(c1cc(-c2nc3cc(-c4cscn4)ccc3o2)ccn1)N1CCN([C@@H](c2ccccc2)c2nnn(C(F)F)n2)CC1. The first-order chi connectivity index (χ1) is 21.0. The summed E-state index contributed by atoms with van der Waals surface area (Å²) in [5.74, 6) is 0.348. The molecule has 6 aromatic rings. The lowest BCUT2D eigenvalue weighted by atomic mass is 10.0. The Balaban J connectivity index is 1.08. The quantitative estimate of drug-likeness (QED) is 0.251. The number of piperazine rings is 1. The van der Waals surface area contributed by atoms with Gasteiger partial charge in [0.05, 0.1) is 17.2 Å². The van der Waals surface area contributed by atoms with Crippen molar-refractivity contribution < 1.29 is 18.0 Å². The number of benzene rings is 2. The second-order valence-electron chi connectivity index (χ2n) is 9.89. The number of tetrazole rings is 1. The molecule has 1 aliphatic heterocycles. The summed E-state index contributed by atoms with van der Waals surface area (Å²) in [5, 5.41) is 13.3. The number of thiazole rings is 1. The van der Waals surface area contributed by atoms with Gasteiger partial charge in [-0.2, -0.15) is 8.78 Å². The van der Waals surface area contributed by atoms with Crippen molar-refractivity contribution in [2.24, 2.45) is 0 Å². The maximum absolute atomic E-state index is 13.5. The van der Waals surface area contributed by atoms with Crippen LogP contribution in [0.4, 0.5) is 8.78 Å². The van der Waals surface area contributed by atoms with Crippen molar-refractivity contribution in [2.75, 3.05) is 26.2 Å². The van der Waals surface area contributed by atoms with Crippen LogP contribution in [-0.4, -0.2) is 77.0 Å². The first kappa shape index (κ1) is 26.9. The van der Waals surface area contributed by atoms with Gasteiger partial charge in [-0.25, -0.2) is 9.97 Å². The van der Waals surface area contributed by atoms with E-state index in [2.05, 4.69) is 35.3 Å². The van der Waals surface area contributed by atoms with Crippen molar-refractivity contribution in [1.82, 2.24) is 45.0 Å². The molecule has 216 valence electrons. The van der Waals surface area contributed by atoms with E-state index in [9.17, 15) is 13.6 Å². The van der Waals surface area contributed by atoms with E-state index in [0.717, 1.165) is 16.8 Å². The molecular formula is C29H23F2N9O2S. The molecule has 0 aliphatic carbocycles. The Morgan fingerprint density at radius 3 is 2.53 bits per heavy atom. The van der Waals surface area contributed by atoms with Crippen LogP contribution in [0, 0.1) is 0 Å². The zero-order chi connectivity index (χ0) is 29.3. The lowest BCUT2D eigenvalue weighted by molar-refractivity contribution is 0.0385. The minimum absolute atomic E-state index is 0.178. The van der Waals surface area contributed by atoms with Gasteiger partial charge in [0, 0.05) is 48.9 Å². The molecule has 0 spiro atoms. The Morgan fingerprint density at radius 2 is 1.79 bits per heavy atom. The Labute approximate surface area is 247 Å². The van der Waals surface area contributed by atoms with Gasteiger partial charge in [-0.05, 0) is 41.1 Å². The van der Waals surface area contributed by atoms with E-state index in [-0.39, 0.29) is 17.4 Å². The van der Waals surface area contributed by atoms with Crippen LogP contribution in [-0.2, 0) is 0 Å². The van der Waals surface area contributed by atoms with Gasteiger partial charge in [0.2, 0.25) is 5.89 Å². The van der Waals surface area contributed by atoms with E-state index < -0.39 is 12.6 Å². The summed E-state index contributed by atoms with van der Waals surface area (Å²) in [6.45, 7) is -1.13. The van der Waals surface area contributed by atoms with Gasteiger partial charge in [0.15, 0.2) is 11.4 Å². The molecule has 0 N–H and O–H groups in total. The molecule has 1 fully saturated rings. The fourth-order valence-electron chi connectivity index (χ4n) is 5.18. The summed E-state index contributed by atoms with van der Waals surface area (Å²) >= 11 is 1.52.